The first-order chi connectivity index (χ1) is 8.90. The second kappa shape index (κ2) is 7.21. The van der Waals surface area contributed by atoms with E-state index >= 15 is 0 Å². The zero-order valence-corrected chi connectivity index (χ0v) is 12.1. The minimum absolute atomic E-state index is 0.408. The molecule has 1 aromatic carbocycles. The van der Waals surface area contributed by atoms with Crippen molar-refractivity contribution >= 4 is 23.4 Å². The van der Waals surface area contributed by atoms with Gasteiger partial charge in [-0.1, -0.05) is 11.6 Å². The maximum atomic E-state index is 10.6. The number of hydrogen-bond acceptors (Lipinski definition) is 3. The van der Waals surface area contributed by atoms with Gasteiger partial charge in [-0.15, -0.1) is 0 Å². The van der Waals surface area contributed by atoms with E-state index in [0.717, 1.165) is 18.5 Å². The van der Waals surface area contributed by atoms with Gasteiger partial charge in [-0.25, -0.2) is 4.79 Å². The molecule has 1 amide bonds. The lowest BCUT2D eigenvalue weighted by atomic mass is 10.2. The van der Waals surface area contributed by atoms with E-state index in [1.54, 1.807) is 12.1 Å². The molecular weight excluding hydrogens is 268 g/mol. The van der Waals surface area contributed by atoms with Gasteiger partial charge >= 0.3 is 6.09 Å². The van der Waals surface area contributed by atoms with Crippen LogP contribution in [0.3, 0.4) is 0 Å². The number of nitrogens with zero attached hydrogens (tertiary/aromatic N) is 1. The quantitative estimate of drug-likeness (QED) is 0.789. The summed E-state index contributed by atoms with van der Waals surface area (Å²) in [7, 11) is 4.00. The molecule has 106 valence electrons. The highest BCUT2D eigenvalue weighted by Gasteiger charge is 2.08. The second-order valence-electron chi connectivity index (χ2n) is 4.52. The molecule has 5 nitrogen and oxygen atoms in total. The smallest absolute Gasteiger partial charge is 0.409 e. The predicted molar refractivity (Wildman–Crippen MR) is 76.5 cm³/mol. The van der Waals surface area contributed by atoms with Crippen LogP contribution in [-0.2, 0) is 0 Å². The summed E-state index contributed by atoms with van der Waals surface area (Å²) in [5.41, 5.74) is 1.22. The Bertz CT molecular complexity index is 450. The molecule has 0 aromatic heterocycles. The molecule has 0 heterocycles. The molecule has 1 aromatic rings. The highest BCUT2D eigenvalue weighted by atomic mass is 35.5. The normalized spacial score (nSPS) is 10.6. The maximum absolute atomic E-state index is 10.6. The first-order valence-corrected chi connectivity index (χ1v) is 6.35. The van der Waals surface area contributed by atoms with Gasteiger partial charge in [0.1, 0.15) is 5.75 Å². The Labute approximate surface area is 118 Å². The topological polar surface area (TPSA) is 61.8 Å². The van der Waals surface area contributed by atoms with Gasteiger partial charge in [0, 0.05) is 28.9 Å². The fourth-order valence-corrected chi connectivity index (χ4v) is 1.77. The molecule has 0 atom stereocenters. The molecule has 0 radical (unpaired) electrons. The Hall–Kier alpha value is -1.46. The van der Waals surface area contributed by atoms with Crippen LogP contribution in [0.15, 0.2) is 12.1 Å². The number of halogens is 1. The Morgan fingerprint density at radius 1 is 1.47 bits per heavy atom. The zero-order valence-electron chi connectivity index (χ0n) is 11.4. The molecule has 0 unspecified atom stereocenters. The van der Waals surface area contributed by atoms with E-state index in [1.807, 2.05) is 21.0 Å². The molecule has 0 spiro atoms. The summed E-state index contributed by atoms with van der Waals surface area (Å²) < 4.78 is 5.65. The molecule has 19 heavy (non-hydrogen) atoms. The van der Waals surface area contributed by atoms with Crippen LogP contribution in [0, 0.1) is 6.92 Å². The van der Waals surface area contributed by atoms with Crippen LogP contribution in [0.1, 0.15) is 12.0 Å². The number of rotatable bonds is 6. The number of amides is 1. The van der Waals surface area contributed by atoms with E-state index in [-0.39, 0.29) is 0 Å². The molecule has 0 bridgehead atoms. The van der Waals surface area contributed by atoms with Crippen LogP contribution in [0.5, 0.6) is 5.75 Å². The van der Waals surface area contributed by atoms with Crippen molar-refractivity contribution in [1.82, 2.24) is 4.90 Å². The van der Waals surface area contributed by atoms with Crippen molar-refractivity contribution in [3.8, 4) is 5.75 Å². The van der Waals surface area contributed by atoms with E-state index in [1.165, 1.54) is 0 Å². The van der Waals surface area contributed by atoms with Crippen molar-refractivity contribution in [3.63, 3.8) is 0 Å². The third-order valence-electron chi connectivity index (χ3n) is 2.56. The van der Waals surface area contributed by atoms with Gasteiger partial charge in [0.05, 0.1) is 6.61 Å². The van der Waals surface area contributed by atoms with Crippen molar-refractivity contribution in [1.29, 1.82) is 0 Å². The van der Waals surface area contributed by atoms with Crippen molar-refractivity contribution in [3.05, 3.63) is 22.7 Å². The largest absolute Gasteiger partial charge is 0.493 e. The van der Waals surface area contributed by atoms with Crippen LogP contribution in [0.25, 0.3) is 0 Å². The van der Waals surface area contributed by atoms with Crippen molar-refractivity contribution in [2.75, 3.05) is 32.6 Å². The molecule has 0 aliphatic heterocycles. The van der Waals surface area contributed by atoms with Gasteiger partial charge in [0.15, 0.2) is 0 Å². The van der Waals surface area contributed by atoms with Gasteiger partial charge in [-0.3, -0.25) is 5.32 Å². The first kappa shape index (κ1) is 15.6. The molecule has 0 saturated carbocycles. The molecule has 0 fully saturated rings. The molecule has 0 aliphatic carbocycles. The lowest BCUT2D eigenvalue weighted by molar-refractivity contribution is 0.209. The van der Waals surface area contributed by atoms with E-state index in [4.69, 9.17) is 21.4 Å². The summed E-state index contributed by atoms with van der Waals surface area (Å²) in [5.74, 6) is 0.606. The Morgan fingerprint density at radius 2 is 2.16 bits per heavy atom. The van der Waals surface area contributed by atoms with Gasteiger partial charge in [-0.2, -0.15) is 0 Å². The molecule has 6 heteroatoms. The van der Waals surface area contributed by atoms with Gasteiger partial charge in [0.25, 0.3) is 0 Å². The van der Waals surface area contributed by atoms with Crippen molar-refractivity contribution < 1.29 is 14.6 Å². The Morgan fingerprint density at radius 3 is 2.74 bits per heavy atom. The fraction of sp³-hybridized carbons (Fsp3) is 0.462. The number of nitrogens with one attached hydrogen (secondary N) is 1. The van der Waals surface area contributed by atoms with Crippen LogP contribution in [0.2, 0.25) is 5.02 Å². The summed E-state index contributed by atoms with van der Waals surface area (Å²) in [6, 6.07) is 3.21. The van der Waals surface area contributed by atoms with Crippen LogP contribution >= 0.6 is 11.6 Å². The average molecular weight is 287 g/mol. The van der Waals surface area contributed by atoms with Gasteiger partial charge in [0.2, 0.25) is 0 Å². The summed E-state index contributed by atoms with van der Waals surface area (Å²) in [6.45, 7) is 3.33. The van der Waals surface area contributed by atoms with E-state index in [9.17, 15) is 4.79 Å². The average Bonchev–Trinajstić information content (AvgIpc) is 2.29. The number of carbonyl (C=O) groups is 1. The number of hydrogen-bond donors (Lipinski definition) is 2. The monoisotopic (exact) mass is 286 g/mol. The number of carboxylic acid groups (broad SMARTS) is 1. The standard InChI is InChI=1S/C13H19ClN2O3/c1-9-11(14)7-10(15-13(17)18)8-12(9)19-6-4-5-16(2)3/h7-8,15H,4-6H2,1-3H3,(H,17,18). The maximum Gasteiger partial charge on any atom is 0.409 e. The molecule has 2 N–H and O–H groups in total. The third kappa shape index (κ3) is 5.36. The summed E-state index contributed by atoms with van der Waals surface area (Å²) >= 11 is 6.04. The second-order valence-corrected chi connectivity index (χ2v) is 4.92. The fourth-order valence-electron chi connectivity index (χ4n) is 1.56. The summed E-state index contributed by atoms with van der Waals surface area (Å²) in [4.78, 5) is 12.7. The molecule has 0 aliphatic rings. The molecule has 1 rings (SSSR count). The van der Waals surface area contributed by atoms with Crippen molar-refractivity contribution in [2.24, 2.45) is 0 Å². The highest BCUT2D eigenvalue weighted by Crippen LogP contribution is 2.30. The zero-order chi connectivity index (χ0) is 14.4. The van der Waals surface area contributed by atoms with Crippen LogP contribution in [-0.4, -0.2) is 43.3 Å². The Kier molecular flexibility index (Phi) is 5.92. The first-order valence-electron chi connectivity index (χ1n) is 5.97. The SMILES string of the molecule is Cc1c(Cl)cc(NC(=O)O)cc1OCCCN(C)C. The van der Waals surface area contributed by atoms with Crippen LogP contribution in [0.4, 0.5) is 10.5 Å². The van der Waals surface area contributed by atoms with E-state index in [2.05, 4.69) is 10.2 Å². The summed E-state index contributed by atoms with van der Waals surface area (Å²) in [5, 5.41) is 11.4. The summed E-state index contributed by atoms with van der Waals surface area (Å²) in [6.07, 6.45) is -0.237. The predicted octanol–water partition coefficient (Wildman–Crippen LogP) is 3.07. The Balaban J connectivity index is 2.70. The van der Waals surface area contributed by atoms with Gasteiger partial charge < -0.3 is 14.7 Å². The van der Waals surface area contributed by atoms with Gasteiger partial charge in [-0.05, 0) is 33.5 Å². The van der Waals surface area contributed by atoms with Crippen LogP contribution < -0.4 is 10.1 Å². The number of anilines is 1. The lowest BCUT2D eigenvalue weighted by Gasteiger charge is -2.14. The number of benzene rings is 1. The third-order valence-corrected chi connectivity index (χ3v) is 2.95. The molecular formula is C13H19ClN2O3. The minimum atomic E-state index is -1.13. The minimum Gasteiger partial charge on any atom is -0.493 e. The highest BCUT2D eigenvalue weighted by molar-refractivity contribution is 6.31. The molecule has 0 saturated heterocycles. The van der Waals surface area contributed by atoms with E-state index in [0.29, 0.717) is 23.1 Å². The van der Waals surface area contributed by atoms with E-state index < -0.39 is 6.09 Å². The van der Waals surface area contributed by atoms with Crippen molar-refractivity contribution in [2.45, 2.75) is 13.3 Å². The lowest BCUT2D eigenvalue weighted by Crippen LogP contribution is -2.15. The number of ether oxygens (including phenoxy) is 1.